The van der Waals surface area contributed by atoms with Crippen molar-refractivity contribution in [1.82, 2.24) is 15.5 Å². The molecule has 1 fully saturated rings. The fraction of sp³-hybridized carbons (Fsp3) is 0.882. The smallest absolute Gasteiger partial charge is 0.222 e. The molecule has 7 heteroatoms. The number of amides is 1. The molecule has 1 aliphatic heterocycles. The molecular formula is C17H34N4O3. The second-order valence-corrected chi connectivity index (χ2v) is 6.38. The summed E-state index contributed by atoms with van der Waals surface area (Å²) in [5, 5.41) is 6.21. The zero-order valence-corrected chi connectivity index (χ0v) is 15.6. The van der Waals surface area contributed by atoms with Gasteiger partial charge in [-0.25, -0.2) is 0 Å². The highest BCUT2D eigenvalue weighted by Gasteiger charge is 2.24. The van der Waals surface area contributed by atoms with Crippen LogP contribution < -0.4 is 10.6 Å². The van der Waals surface area contributed by atoms with E-state index in [0.29, 0.717) is 32.1 Å². The number of likely N-dealkylation sites (tertiary alicyclic amines) is 1. The number of hydrogen-bond donors (Lipinski definition) is 2. The van der Waals surface area contributed by atoms with Crippen LogP contribution in [0.2, 0.25) is 0 Å². The molecule has 1 amide bonds. The van der Waals surface area contributed by atoms with E-state index in [4.69, 9.17) is 9.47 Å². The van der Waals surface area contributed by atoms with Gasteiger partial charge in [0, 0.05) is 45.1 Å². The number of carbonyl (C=O) groups excluding carboxylic acids is 1. The Hall–Kier alpha value is -1.34. The lowest BCUT2D eigenvalue weighted by Gasteiger charge is -2.21. The predicted molar refractivity (Wildman–Crippen MR) is 96.2 cm³/mol. The van der Waals surface area contributed by atoms with Gasteiger partial charge >= 0.3 is 0 Å². The third-order valence-corrected chi connectivity index (χ3v) is 3.76. The molecule has 0 saturated carbocycles. The molecule has 0 aromatic heterocycles. The summed E-state index contributed by atoms with van der Waals surface area (Å²) in [5.41, 5.74) is 0. The fourth-order valence-electron chi connectivity index (χ4n) is 2.64. The SMILES string of the molecule is CCNC(=NCCC(=O)NC(C)C)N1CCC(COCCOC)C1. The van der Waals surface area contributed by atoms with E-state index in [1.807, 2.05) is 13.8 Å². The van der Waals surface area contributed by atoms with Crippen LogP contribution in [-0.2, 0) is 14.3 Å². The van der Waals surface area contributed by atoms with E-state index in [1.54, 1.807) is 7.11 Å². The van der Waals surface area contributed by atoms with Gasteiger partial charge < -0.3 is 25.0 Å². The van der Waals surface area contributed by atoms with Crippen molar-refractivity contribution < 1.29 is 14.3 Å². The van der Waals surface area contributed by atoms with Crippen molar-refractivity contribution >= 4 is 11.9 Å². The molecule has 7 nitrogen and oxygen atoms in total. The first kappa shape index (κ1) is 20.7. The number of methoxy groups -OCH3 is 1. The minimum Gasteiger partial charge on any atom is -0.382 e. The van der Waals surface area contributed by atoms with Crippen LogP contribution >= 0.6 is 0 Å². The summed E-state index contributed by atoms with van der Waals surface area (Å²) in [6.07, 6.45) is 1.52. The number of guanidine groups is 1. The molecule has 0 aromatic rings. The summed E-state index contributed by atoms with van der Waals surface area (Å²) in [5.74, 6) is 1.47. The standard InChI is InChI=1S/C17H34N4O3/c1-5-18-17(19-8-6-16(22)20-14(2)3)21-9-7-15(12-21)13-24-11-10-23-4/h14-15H,5-13H2,1-4H3,(H,18,19)(H,20,22). The highest BCUT2D eigenvalue weighted by atomic mass is 16.5. The van der Waals surface area contributed by atoms with E-state index in [1.165, 1.54) is 0 Å². The number of nitrogens with zero attached hydrogens (tertiary/aromatic N) is 2. The number of rotatable bonds is 10. The van der Waals surface area contributed by atoms with Crippen LogP contribution in [0.15, 0.2) is 4.99 Å². The van der Waals surface area contributed by atoms with Gasteiger partial charge in [-0.1, -0.05) is 0 Å². The van der Waals surface area contributed by atoms with Crippen LogP contribution in [0, 0.1) is 5.92 Å². The molecule has 0 bridgehead atoms. The number of hydrogen-bond acceptors (Lipinski definition) is 4. The second kappa shape index (κ2) is 12.1. The second-order valence-electron chi connectivity index (χ2n) is 6.38. The number of carbonyl (C=O) groups is 1. The maximum Gasteiger partial charge on any atom is 0.222 e. The van der Waals surface area contributed by atoms with Crippen LogP contribution in [0.25, 0.3) is 0 Å². The molecule has 0 radical (unpaired) electrons. The molecule has 1 unspecified atom stereocenters. The predicted octanol–water partition coefficient (Wildman–Crippen LogP) is 0.852. The van der Waals surface area contributed by atoms with Crippen molar-refractivity contribution in [2.24, 2.45) is 10.9 Å². The van der Waals surface area contributed by atoms with Gasteiger partial charge in [0.1, 0.15) is 0 Å². The Morgan fingerprint density at radius 1 is 1.38 bits per heavy atom. The van der Waals surface area contributed by atoms with Crippen LogP contribution in [0.1, 0.15) is 33.6 Å². The third kappa shape index (κ3) is 8.49. The average Bonchev–Trinajstić information content (AvgIpc) is 2.99. The van der Waals surface area contributed by atoms with Gasteiger partial charge in [-0.15, -0.1) is 0 Å². The minimum atomic E-state index is 0.0513. The maximum atomic E-state index is 11.7. The zero-order chi connectivity index (χ0) is 17.8. The number of aliphatic imine (C=N–C) groups is 1. The van der Waals surface area contributed by atoms with Crippen LogP contribution in [0.4, 0.5) is 0 Å². The Morgan fingerprint density at radius 2 is 2.17 bits per heavy atom. The molecule has 2 N–H and O–H groups in total. The largest absolute Gasteiger partial charge is 0.382 e. The lowest BCUT2D eigenvalue weighted by molar-refractivity contribution is -0.121. The molecule has 0 spiro atoms. The van der Waals surface area contributed by atoms with Gasteiger partial charge in [0.2, 0.25) is 5.91 Å². The maximum absolute atomic E-state index is 11.7. The lowest BCUT2D eigenvalue weighted by Crippen LogP contribution is -2.40. The van der Waals surface area contributed by atoms with Crippen LogP contribution in [0.3, 0.4) is 0 Å². The normalized spacial score (nSPS) is 18.3. The number of nitrogens with one attached hydrogen (secondary N) is 2. The summed E-state index contributed by atoms with van der Waals surface area (Å²) < 4.78 is 10.6. The highest BCUT2D eigenvalue weighted by Crippen LogP contribution is 2.16. The molecular weight excluding hydrogens is 308 g/mol. The van der Waals surface area contributed by atoms with Crippen molar-refractivity contribution in [2.75, 3.05) is 53.1 Å². The van der Waals surface area contributed by atoms with Crippen molar-refractivity contribution in [2.45, 2.75) is 39.7 Å². The van der Waals surface area contributed by atoms with E-state index >= 15 is 0 Å². The topological polar surface area (TPSA) is 75.2 Å². The lowest BCUT2D eigenvalue weighted by atomic mass is 10.1. The summed E-state index contributed by atoms with van der Waals surface area (Å²) in [7, 11) is 1.68. The Bertz CT molecular complexity index is 388. The van der Waals surface area contributed by atoms with E-state index < -0.39 is 0 Å². The van der Waals surface area contributed by atoms with Gasteiger partial charge in [0.15, 0.2) is 5.96 Å². The molecule has 140 valence electrons. The van der Waals surface area contributed by atoms with Gasteiger partial charge in [-0.05, 0) is 27.2 Å². The van der Waals surface area contributed by atoms with Crippen molar-refractivity contribution in [3.8, 4) is 0 Å². The van der Waals surface area contributed by atoms with E-state index in [0.717, 1.165) is 38.6 Å². The number of ether oxygens (including phenoxy) is 2. The quantitative estimate of drug-likeness (QED) is 0.350. The van der Waals surface area contributed by atoms with Crippen molar-refractivity contribution in [3.63, 3.8) is 0 Å². The van der Waals surface area contributed by atoms with Gasteiger partial charge in [0.05, 0.1) is 26.4 Å². The Balaban J connectivity index is 2.38. The fourth-order valence-corrected chi connectivity index (χ4v) is 2.64. The van der Waals surface area contributed by atoms with Gasteiger partial charge in [0.25, 0.3) is 0 Å². The molecule has 1 rings (SSSR count). The van der Waals surface area contributed by atoms with E-state index in [-0.39, 0.29) is 11.9 Å². The first-order chi connectivity index (χ1) is 11.6. The molecule has 0 aromatic carbocycles. The zero-order valence-electron chi connectivity index (χ0n) is 15.6. The highest BCUT2D eigenvalue weighted by molar-refractivity contribution is 5.81. The van der Waals surface area contributed by atoms with E-state index in [9.17, 15) is 4.79 Å². The van der Waals surface area contributed by atoms with Crippen LogP contribution in [0.5, 0.6) is 0 Å². The van der Waals surface area contributed by atoms with Gasteiger partial charge in [-0.3, -0.25) is 9.79 Å². The first-order valence-corrected chi connectivity index (χ1v) is 8.96. The van der Waals surface area contributed by atoms with Gasteiger partial charge in [-0.2, -0.15) is 0 Å². The molecule has 24 heavy (non-hydrogen) atoms. The summed E-state index contributed by atoms with van der Waals surface area (Å²) in [6, 6.07) is 0.173. The third-order valence-electron chi connectivity index (χ3n) is 3.76. The Kier molecular flexibility index (Phi) is 10.4. The summed E-state index contributed by atoms with van der Waals surface area (Å²) in [4.78, 5) is 18.6. The molecule has 1 saturated heterocycles. The minimum absolute atomic E-state index is 0.0513. The van der Waals surface area contributed by atoms with Crippen molar-refractivity contribution in [3.05, 3.63) is 0 Å². The molecule has 0 aliphatic carbocycles. The van der Waals surface area contributed by atoms with Crippen molar-refractivity contribution in [1.29, 1.82) is 0 Å². The summed E-state index contributed by atoms with van der Waals surface area (Å²) >= 11 is 0. The van der Waals surface area contributed by atoms with E-state index in [2.05, 4.69) is 27.4 Å². The summed E-state index contributed by atoms with van der Waals surface area (Å²) in [6.45, 7) is 11.3. The Morgan fingerprint density at radius 3 is 2.83 bits per heavy atom. The average molecular weight is 342 g/mol. The molecule has 1 atom stereocenters. The molecule has 1 heterocycles. The van der Waals surface area contributed by atoms with Crippen LogP contribution in [-0.4, -0.2) is 75.9 Å². The Labute approximate surface area is 146 Å². The first-order valence-electron chi connectivity index (χ1n) is 8.96. The molecule has 1 aliphatic rings. The monoisotopic (exact) mass is 342 g/mol.